The average molecular weight is 1110 g/mol. The van der Waals surface area contributed by atoms with Gasteiger partial charge in [-0.05, 0) is 97.0 Å². The van der Waals surface area contributed by atoms with Crippen molar-refractivity contribution in [3.8, 4) is 34.5 Å². The van der Waals surface area contributed by atoms with Gasteiger partial charge in [-0.25, -0.2) is 0 Å². The SMILES string of the molecule is C=C(C)[C@@H]1CCC(C)=C[C@@H]1c1c(O)cc(O)cc1O.C=C(C)[C@@H]1CCC(C)=C[C@@H]1c1c(O)cc(OS(=O)(=O)C(F)(F)F)cc1O.CCN(CC)CC.O=S(=O)(N(c1ccccc1)S(=O)(=O)C(F)(F)F)C(F)(F)F. The standard InChI is InChI=1S/C17H19F3O5S.C16H20O3.C8H5F6NO4S2.C6H15N/c1-9(2)12-5-4-10(3)6-13(12)16-14(21)7-11(8-15(16)22)25-26(23,24)17(18,19)20;1-9(2)12-5-4-10(3)6-13(12)16-14(18)7-11(17)8-15(16)19;9-7(10,11)20(16,17)15(6-4-2-1-3-5-6)21(18,19)8(12,13)14;1-4-7(5-2)6-3/h6-8,12-13,21-22H,1,4-5H2,2-3H3;6-8,12-13,17-19H,1,4-5H2,2-3H3;1-5H;4-6H2,1-3H3/t2*12-,13-;;/m00../s1. The number of phenolic OH excluding ortho intramolecular Hbond substituents is 5. The lowest BCUT2D eigenvalue weighted by atomic mass is 9.74. The van der Waals surface area contributed by atoms with Crippen molar-refractivity contribution in [2.75, 3.05) is 23.3 Å². The molecule has 4 atom stereocenters. The molecule has 0 fully saturated rings. The number of hydrogen-bond acceptors (Lipinski definition) is 13. The second kappa shape index (κ2) is 25.1. The average Bonchev–Trinajstić information content (AvgIpc) is 3.23. The van der Waals surface area contributed by atoms with Crippen LogP contribution in [0.3, 0.4) is 0 Å². The Morgan fingerprint density at radius 3 is 1.23 bits per heavy atom. The zero-order valence-corrected chi connectivity index (χ0v) is 43.1. The van der Waals surface area contributed by atoms with E-state index in [0.29, 0.717) is 17.7 Å². The predicted molar refractivity (Wildman–Crippen MR) is 257 cm³/mol. The third-order valence-corrected chi connectivity index (χ3v) is 16.1. The summed E-state index contributed by atoms with van der Waals surface area (Å²) >= 11 is 0. The summed E-state index contributed by atoms with van der Waals surface area (Å²) in [5, 5.41) is 49.9. The van der Waals surface area contributed by atoms with E-state index in [4.69, 9.17) is 0 Å². The molecule has 410 valence electrons. The molecule has 14 nitrogen and oxygen atoms in total. The van der Waals surface area contributed by atoms with Gasteiger partial charge in [0.15, 0.2) is 0 Å². The maximum atomic E-state index is 12.4. The minimum absolute atomic E-state index is 0.0697. The monoisotopic (exact) mass is 1110 g/mol. The topological polar surface area (TPSA) is 219 Å². The quantitative estimate of drug-likeness (QED) is 0.0494. The van der Waals surface area contributed by atoms with E-state index in [1.807, 2.05) is 26.8 Å². The highest BCUT2D eigenvalue weighted by Crippen LogP contribution is 2.49. The molecule has 3 aromatic rings. The van der Waals surface area contributed by atoms with Gasteiger partial charge in [0.2, 0.25) is 0 Å². The molecule has 0 unspecified atom stereocenters. The van der Waals surface area contributed by atoms with Crippen LogP contribution in [0.5, 0.6) is 34.5 Å². The lowest BCUT2D eigenvalue weighted by Crippen LogP contribution is -2.49. The highest BCUT2D eigenvalue weighted by Gasteiger charge is 2.61. The maximum Gasteiger partial charge on any atom is 0.534 e. The molecule has 2 aliphatic rings. The molecular weight excluding hydrogens is 1050 g/mol. The Morgan fingerprint density at radius 2 is 0.945 bits per heavy atom. The van der Waals surface area contributed by atoms with Crippen molar-refractivity contribution in [2.45, 2.75) is 103 Å². The minimum Gasteiger partial charge on any atom is -0.508 e. The minimum atomic E-state index is -6.81. The molecule has 0 saturated carbocycles. The molecule has 5 N–H and O–H groups in total. The van der Waals surface area contributed by atoms with Gasteiger partial charge < -0.3 is 34.6 Å². The van der Waals surface area contributed by atoms with Gasteiger partial charge in [-0.3, -0.25) is 0 Å². The van der Waals surface area contributed by atoms with Gasteiger partial charge in [-0.15, -0.1) is 3.71 Å². The number of nitrogens with zero attached hydrogens (tertiary/aromatic N) is 2. The number of halogens is 9. The molecule has 3 aromatic carbocycles. The Kier molecular flexibility index (Phi) is 21.8. The molecule has 0 amide bonds. The van der Waals surface area contributed by atoms with Crippen LogP contribution in [0.1, 0.15) is 97.1 Å². The zero-order valence-electron chi connectivity index (χ0n) is 40.6. The number of rotatable bonds is 12. The first-order valence-corrected chi connectivity index (χ1v) is 26.3. The summed E-state index contributed by atoms with van der Waals surface area (Å²) in [6.07, 6.45) is 7.46. The Hall–Kier alpha value is -5.60. The summed E-state index contributed by atoms with van der Waals surface area (Å²) in [4.78, 5) is 2.38. The number of benzene rings is 3. The second-order valence-corrected chi connectivity index (χ2v) is 22.2. The molecule has 0 saturated heterocycles. The summed E-state index contributed by atoms with van der Waals surface area (Å²) in [7, 11) is -19.5. The van der Waals surface area contributed by atoms with Gasteiger partial charge in [0.25, 0.3) is 0 Å². The fourth-order valence-corrected chi connectivity index (χ4v) is 10.9. The molecule has 73 heavy (non-hydrogen) atoms. The Morgan fingerprint density at radius 1 is 0.603 bits per heavy atom. The van der Waals surface area contributed by atoms with Crippen LogP contribution in [-0.4, -0.2) is 91.8 Å². The Labute approximate surface area is 419 Å². The number of alkyl halides is 9. The Balaban J connectivity index is 0.000000355. The van der Waals surface area contributed by atoms with Crippen LogP contribution >= 0.6 is 0 Å². The van der Waals surface area contributed by atoms with Crippen molar-refractivity contribution in [1.29, 1.82) is 0 Å². The molecule has 5 rings (SSSR count). The van der Waals surface area contributed by atoms with E-state index in [1.165, 1.54) is 37.3 Å². The van der Waals surface area contributed by atoms with Crippen LogP contribution < -0.4 is 7.89 Å². The van der Waals surface area contributed by atoms with Crippen molar-refractivity contribution < 1.29 is 94.5 Å². The first kappa shape index (κ1) is 63.5. The summed E-state index contributed by atoms with van der Waals surface area (Å²) in [5.74, 6) is -2.63. The fraction of sp³-hybridized carbons (Fsp3) is 0.447. The second-order valence-electron chi connectivity index (χ2n) is 16.9. The van der Waals surface area contributed by atoms with E-state index in [1.54, 1.807) is 0 Å². The smallest absolute Gasteiger partial charge is 0.508 e. The number of allylic oxidation sites excluding steroid dienone is 6. The van der Waals surface area contributed by atoms with Gasteiger partial charge in [0.05, 0.1) is 5.69 Å². The largest absolute Gasteiger partial charge is 0.534 e. The predicted octanol–water partition coefficient (Wildman–Crippen LogP) is 11.7. The van der Waals surface area contributed by atoms with E-state index >= 15 is 0 Å². The summed E-state index contributed by atoms with van der Waals surface area (Å²) in [6.45, 7) is 25.8. The van der Waals surface area contributed by atoms with Crippen molar-refractivity contribution in [2.24, 2.45) is 11.8 Å². The van der Waals surface area contributed by atoms with Crippen LogP contribution in [0.2, 0.25) is 0 Å². The van der Waals surface area contributed by atoms with Crippen LogP contribution in [0.4, 0.5) is 45.2 Å². The summed E-state index contributed by atoms with van der Waals surface area (Å²) in [5.41, 5.74) is -14.7. The lowest BCUT2D eigenvalue weighted by molar-refractivity contribution is -0.0501. The molecule has 0 radical (unpaired) electrons. The van der Waals surface area contributed by atoms with Crippen LogP contribution in [0, 0.1) is 11.8 Å². The van der Waals surface area contributed by atoms with Crippen molar-refractivity contribution in [3.63, 3.8) is 0 Å². The van der Waals surface area contributed by atoms with E-state index in [2.05, 4.69) is 56.0 Å². The van der Waals surface area contributed by atoms with Crippen molar-refractivity contribution >= 4 is 35.9 Å². The first-order chi connectivity index (χ1) is 33.3. The van der Waals surface area contributed by atoms with E-state index in [0.717, 1.165) is 72.7 Å². The van der Waals surface area contributed by atoms with Crippen molar-refractivity contribution in [1.82, 2.24) is 4.90 Å². The van der Waals surface area contributed by atoms with Gasteiger partial charge in [-0.2, -0.15) is 64.8 Å². The fourth-order valence-electron chi connectivity index (χ4n) is 7.74. The molecule has 0 aromatic heterocycles. The third kappa shape index (κ3) is 16.2. The van der Waals surface area contributed by atoms with E-state index in [9.17, 15) is 90.3 Å². The third-order valence-electron chi connectivity index (χ3n) is 11.5. The number of anilines is 1. The maximum absolute atomic E-state index is 12.4. The number of aromatic hydroxyl groups is 5. The molecule has 2 aliphatic carbocycles. The molecular formula is C47H59F9N2O12S3. The van der Waals surface area contributed by atoms with E-state index in [-0.39, 0.29) is 40.6 Å². The summed E-state index contributed by atoms with van der Waals surface area (Å²) in [6, 6.07) is 7.86. The molecule has 0 bridgehead atoms. The van der Waals surface area contributed by atoms with Crippen molar-refractivity contribution in [3.05, 3.63) is 113 Å². The van der Waals surface area contributed by atoms with Crippen LogP contribution in [0.15, 0.2) is 102 Å². The first-order valence-electron chi connectivity index (χ1n) is 22.0. The molecule has 0 heterocycles. The Bertz CT molecular complexity index is 2720. The normalized spacial score (nSPS) is 18.5. The molecule has 26 heteroatoms. The number of phenols is 5. The van der Waals surface area contributed by atoms with E-state index < -0.39 is 79.3 Å². The van der Waals surface area contributed by atoms with Gasteiger partial charge in [0, 0.05) is 47.2 Å². The van der Waals surface area contributed by atoms with Gasteiger partial charge in [0.1, 0.15) is 34.5 Å². The molecule has 0 aliphatic heterocycles. The highest BCUT2D eigenvalue weighted by molar-refractivity contribution is 8.11. The number of hydrogen-bond donors (Lipinski definition) is 5. The lowest BCUT2D eigenvalue weighted by Gasteiger charge is -2.31. The van der Waals surface area contributed by atoms with Gasteiger partial charge in [-0.1, -0.05) is 86.6 Å². The number of sulfonamides is 2. The highest BCUT2D eigenvalue weighted by atomic mass is 32.3. The zero-order chi connectivity index (χ0) is 56.4. The summed E-state index contributed by atoms with van der Waals surface area (Å²) < 4.78 is 181. The van der Waals surface area contributed by atoms with Crippen LogP contribution in [0.25, 0.3) is 0 Å². The number of para-hydroxylation sites is 1. The van der Waals surface area contributed by atoms with Gasteiger partial charge >= 0.3 is 46.7 Å². The molecule has 0 spiro atoms. The van der Waals surface area contributed by atoms with Crippen LogP contribution in [-0.2, 0) is 30.2 Å².